The Labute approximate surface area is 78.4 Å². The minimum absolute atomic E-state index is 0.221. The molecule has 0 aliphatic rings. The minimum atomic E-state index is -0.549. The molecular weight excluding hydrogens is 170 g/mol. The zero-order chi connectivity index (χ0) is 10.1. The van der Waals surface area contributed by atoms with Crippen molar-refractivity contribution in [2.45, 2.75) is 39.4 Å². The number of rotatable bonds is 6. The third-order valence-corrected chi connectivity index (χ3v) is 1.37. The van der Waals surface area contributed by atoms with Gasteiger partial charge in [-0.1, -0.05) is 13.3 Å². The summed E-state index contributed by atoms with van der Waals surface area (Å²) in [6, 6.07) is 1.71. The zero-order valence-electron chi connectivity index (χ0n) is 8.08. The Balaban J connectivity index is 3.45. The first kappa shape index (κ1) is 11.9. The molecule has 74 valence electrons. The molecular formula is C9H15NO3. The number of esters is 1. The van der Waals surface area contributed by atoms with Gasteiger partial charge < -0.3 is 9.47 Å². The average molecular weight is 185 g/mol. The quantitative estimate of drug-likeness (QED) is 0.358. The Bertz CT molecular complexity index is 186. The molecule has 0 aliphatic carbocycles. The van der Waals surface area contributed by atoms with E-state index in [2.05, 4.69) is 6.92 Å². The summed E-state index contributed by atoms with van der Waals surface area (Å²) in [5.41, 5.74) is 0. The summed E-state index contributed by atoms with van der Waals surface area (Å²) < 4.78 is 9.90. The van der Waals surface area contributed by atoms with E-state index in [1.165, 1.54) is 0 Å². The van der Waals surface area contributed by atoms with Crippen LogP contribution >= 0.6 is 0 Å². The molecule has 0 saturated carbocycles. The highest BCUT2D eigenvalue weighted by molar-refractivity contribution is 5.71. The molecule has 0 bridgehead atoms. The SMILES string of the molecule is CCCCOC(C)OC(=O)CC#N. The molecule has 0 N–H and O–H groups in total. The summed E-state index contributed by atoms with van der Waals surface area (Å²) in [7, 11) is 0. The van der Waals surface area contributed by atoms with Crippen LogP contribution in [0.2, 0.25) is 0 Å². The van der Waals surface area contributed by atoms with E-state index in [9.17, 15) is 4.79 Å². The smallest absolute Gasteiger partial charge is 0.322 e. The second kappa shape index (κ2) is 7.56. The molecule has 0 aromatic heterocycles. The van der Waals surface area contributed by atoms with Gasteiger partial charge in [-0.25, -0.2) is 0 Å². The van der Waals surface area contributed by atoms with E-state index in [0.717, 1.165) is 12.8 Å². The Morgan fingerprint density at radius 2 is 2.31 bits per heavy atom. The van der Waals surface area contributed by atoms with Crippen molar-refractivity contribution in [2.75, 3.05) is 6.61 Å². The molecule has 0 spiro atoms. The molecule has 0 aliphatic heterocycles. The third kappa shape index (κ3) is 7.29. The number of carbonyl (C=O) groups is 1. The molecule has 0 amide bonds. The van der Waals surface area contributed by atoms with E-state index in [4.69, 9.17) is 14.7 Å². The first-order valence-corrected chi connectivity index (χ1v) is 4.38. The molecule has 4 heteroatoms. The van der Waals surface area contributed by atoms with Crippen LogP contribution in [0.3, 0.4) is 0 Å². The van der Waals surface area contributed by atoms with Crippen molar-refractivity contribution in [3.63, 3.8) is 0 Å². The lowest BCUT2D eigenvalue weighted by molar-refractivity contribution is -0.173. The van der Waals surface area contributed by atoms with Gasteiger partial charge in [-0.05, 0) is 13.3 Å². The monoisotopic (exact) mass is 185 g/mol. The molecule has 1 atom stereocenters. The molecule has 0 rings (SSSR count). The summed E-state index contributed by atoms with van der Waals surface area (Å²) in [5.74, 6) is -0.536. The number of carbonyl (C=O) groups excluding carboxylic acids is 1. The van der Waals surface area contributed by atoms with E-state index >= 15 is 0 Å². The summed E-state index contributed by atoms with van der Waals surface area (Å²) >= 11 is 0. The van der Waals surface area contributed by atoms with Gasteiger partial charge in [0.2, 0.25) is 0 Å². The highest BCUT2D eigenvalue weighted by atomic mass is 16.7. The number of hydrogen-bond acceptors (Lipinski definition) is 4. The topological polar surface area (TPSA) is 59.3 Å². The van der Waals surface area contributed by atoms with Crippen LogP contribution in [-0.4, -0.2) is 18.9 Å². The summed E-state index contributed by atoms with van der Waals surface area (Å²) in [6.07, 6.45) is 1.22. The van der Waals surface area contributed by atoms with E-state index in [-0.39, 0.29) is 6.42 Å². The fourth-order valence-corrected chi connectivity index (χ4v) is 0.719. The van der Waals surface area contributed by atoms with Crippen LogP contribution in [0.25, 0.3) is 0 Å². The third-order valence-electron chi connectivity index (χ3n) is 1.37. The standard InChI is InChI=1S/C9H15NO3/c1-3-4-7-12-8(2)13-9(11)5-6-10/h8H,3-5,7H2,1-2H3. The van der Waals surface area contributed by atoms with Crippen LogP contribution in [-0.2, 0) is 14.3 Å². The van der Waals surface area contributed by atoms with Crippen LogP contribution in [0, 0.1) is 11.3 Å². The molecule has 13 heavy (non-hydrogen) atoms. The van der Waals surface area contributed by atoms with Crippen LogP contribution in [0.1, 0.15) is 33.1 Å². The second-order valence-electron chi connectivity index (χ2n) is 2.62. The predicted molar refractivity (Wildman–Crippen MR) is 46.6 cm³/mol. The van der Waals surface area contributed by atoms with Gasteiger partial charge in [0.05, 0.1) is 12.7 Å². The summed E-state index contributed by atoms with van der Waals surface area (Å²) in [6.45, 7) is 4.28. The molecule has 0 saturated heterocycles. The predicted octanol–water partition coefficient (Wildman–Crippen LogP) is 1.61. The van der Waals surface area contributed by atoms with Gasteiger partial charge in [0.1, 0.15) is 6.42 Å². The highest BCUT2D eigenvalue weighted by Crippen LogP contribution is 1.98. The lowest BCUT2D eigenvalue weighted by Gasteiger charge is -2.12. The molecule has 1 unspecified atom stereocenters. The van der Waals surface area contributed by atoms with E-state index in [1.807, 2.05) is 0 Å². The highest BCUT2D eigenvalue weighted by Gasteiger charge is 2.07. The van der Waals surface area contributed by atoms with Crippen molar-refractivity contribution in [3.05, 3.63) is 0 Å². The fraction of sp³-hybridized carbons (Fsp3) is 0.778. The van der Waals surface area contributed by atoms with E-state index in [0.29, 0.717) is 6.61 Å². The summed E-state index contributed by atoms with van der Waals surface area (Å²) in [4.78, 5) is 10.8. The van der Waals surface area contributed by atoms with Gasteiger partial charge in [-0.15, -0.1) is 0 Å². The Morgan fingerprint density at radius 3 is 2.85 bits per heavy atom. The normalized spacial score (nSPS) is 11.8. The van der Waals surface area contributed by atoms with Crippen molar-refractivity contribution >= 4 is 5.97 Å². The molecule has 4 nitrogen and oxygen atoms in total. The molecule has 0 radical (unpaired) electrons. The van der Waals surface area contributed by atoms with Crippen molar-refractivity contribution in [3.8, 4) is 6.07 Å². The van der Waals surface area contributed by atoms with Gasteiger partial charge >= 0.3 is 5.97 Å². The van der Waals surface area contributed by atoms with E-state index < -0.39 is 12.3 Å². The molecule has 0 aromatic rings. The van der Waals surface area contributed by atoms with Crippen LogP contribution in [0.5, 0.6) is 0 Å². The van der Waals surface area contributed by atoms with Gasteiger partial charge in [-0.2, -0.15) is 5.26 Å². The number of hydrogen-bond donors (Lipinski definition) is 0. The van der Waals surface area contributed by atoms with Gasteiger partial charge in [0.25, 0.3) is 0 Å². The number of nitrogens with zero attached hydrogens (tertiary/aromatic N) is 1. The van der Waals surface area contributed by atoms with Crippen molar-refractivity contribution in [1.29, 1.82) is 5.26 Å². The molecule has 0 fully saturated rings. The minimum Gasteiger partial charge on any atom is -0.435 e. The van der Waals surface area contributed by atoms with Gasteiger partial charge in [0, 0.05) is 0 Å². The maximum Gasteiger partial charge on any atom is 0.322 e. The maximum atomic E-state index is 10.8. The number of unbranched alkanes of at least 4 members (excludes halogenated alkanes) is 1. The van der Waals surface area contributed by atoms with Gasteiger partial charge in [0.15, 0.2) is 6.29 Å². The van der Waals surface area contributed by atoms with Crippen molar-refractivity contribution in [2.24, 2.45) is 0 Å². The largest absolute Gasteiger partial charge is 0.435 e. The Morgan fingerprint density at radius 1 is 1.62 bits per heavy atom. The Kier molecular flexibility index (Phi) is 6.93. The maximum absolute atomic E-state index is 10.8. The molecule has 0 aromatic carbocycles. The first-order valence-electron chi connectivity index (χ1n) is 4.38. The number of ether oxygens (including phenoxy) is 2. The van der Waals surface area contributed by atoms with Crippen molar-refractivity contribution in [1.82, 2.24) is 0 Å². The lowest BCUT2D eigenvalue weighted by Crippen LogP contribution is -2.18. The fourth-order valence-electron chi connectivity index (χ4n) is 0.719. The summed E-state index contributed by atoms with van der Waals surface area (Å²) in [5, 5.41) is 8.17. The lowest BCUT2D eigenvalue weighted by atomic mass is 10.4. The van der Waals surface area contributed by atoms with Crippen LogP contribution < -0.4 is 0 Å². The Hall–Kier alpha value is -1.08. The zero-order valence-corrected chi connectivity index (χ0v) is 8.08. The van der Waals surface area contributed by atoms with Crippen molar-refractivity contribution < 1.29 is 14.3 Å². The van der Waals surface area contributed by atoms with Gasteiger partial charge in [-0.3, -0.25) is 4.79 Å². The average Bonchev–Trinajstić information content (AvgIpc) is 2.05. The number of nitriles is 1. The van der Waals surface area contributed by atoms with Crippen LogP contribution in [0.4, 0.5) is 0 Å². The van der Waals surface area contributed by atoms with Crippen LogP contribution in [0.15, 0.2) is 0 Å². The first-order chi connectivity index (χ1) is 6.20. The van der Waals surface area contributed by atoms with E-state index in [1.54, 1.807) is 13.0 Å². The second-order valence-corrected chi connectivity index (χ2v) is 2.62. The molecule has 0 heterocycles.